The molecule has 0 atom stereocenters. The quantitative estimate of drug-likeness (QED) is 0.452. The third-order valence-corrected chi connectivity index (χ3v) is 4.45. The van der Waals surface area contributed by atoms with Crippen molar-refractivity contribution in [2.45, 2.75) is 4.90 Å². The van der Waals surface area contributed by atoms with Crippen LogP contribution in [0.5, 0.6) is 0 Å². The van der Waals surface area contributed by atoms with E-state index in [2.05, 4.69) is 53.8 Å². The molecule has 0 fully saturated rings. The molecule has 104 valence electrons. The van der Waals surface area contributed by atoms with Gasteiger partial charge < -0.3 is 5.01 Å². The van der Waals surface area contributed by atoms with E-state index in [1.54, 1.807) is 34.3 Å². The zero-order chi connectivity index (χ0) is 14.4. The molecule has 0 aliphatic heterocycles. The summed E-state index contributed by atoms with van der Waals surface area (Å²) in [5.74, 6) is 0. The second-order valence-corrected chi connectivity index (χ2v) is 6.40. The number of hydrogen-bond acceptors (Lipinski definition) is 4. The van der Waals surface area contributed by atoms with Gasteiger partial charge in [0.1, 0.15) is 0 Å². The Balaban J connectivity index is 2.12. The average molecular weight is 302 g/mol. The van der Waals surface area contributed by atoms with E-state index in [9.17, 15) is 0 Å². The summed E-state index contributed by atoms with van der Waals surface area (Å²) in [4.78, 5) is 3.83. The van der Waals surface area contributed by atoms with E-state index in [0.717, 1.165) is 0 Å². The first-order valence-corrected chi connectivity index (χ1v) is 8.35. The lowest BCUT2D eigenvalue weighted by atomic mass is 10.2. The van der Waals surface area contributed by atoms with Gasteiger partial charge in [-0.05, 0) is 48.2 Å². The molecule has 1 aromatic heterocycles. The van der Waals surface area contributed by atoms with Gasteiger partial charge in [0, 0.05) is 35.0 Å². The molecular weight excluding hydrogens is 284 g/mol. The van der Waals surface area contributed by atoms with Crippen molar-refractivity contribution in [3.8, 4) is 10.4 Å². The monoisotopic (exact) mass is 302 g/mol. The zero-order valence-corrected chi connectivity index (χ0v) is 13.5. The van der Waals surface area contributed by atoms with Gasteiger partial charge in [-0.1, -0.05) is 12.1 Å². The summed E-state index contributed by atoms with van der Waals surface area (Å²) >= 11 is 3.57. The Hall–Kier alpha value is -1.52. The molecule has 20 heavy (non-hydrogen) atoms. The molecule has 0 aliphatic carbocycles. The van der Waals surface area contributed by atoms with E-state index < -0.39 is 0 Å². The summed E-state index contributed by atoms with van der Waals surface area (Å²) in [6, 6.07) is 13.0. The van der Waals surface area contributed by atoms with Crippen molar-refractivity contribution < 1.29 is 0 Å². The molecule has 2 rings (SSSR count). The molecule has 0 saturated heterocycles. The lowest BCUT2D eigenvalue weighted by molar-refractivity contribution is 0.440. The highest BCUT2D eigenvalue weighted by Crippen LogP contribution is 2.30. The van der Waals surface area contributed by atoms with E-state index in [4.69, 9.17) is 0 Å². The predicted molar refractivity (Wildman–Crippen MR) is 92.7 cm³/mol. The van der Waals surface area contributed by atoms with Crippen molar-refractivity contribution in [3.63, 3.8) is 0 Å². The van der Waals surface area contributed by atoms with Gasteiger partial charge in [-0.3, -0.25) is 0 Å². The molecule has 2 aromatic rings. The summed E-state index contributed by atoms with van der Waals surface area (Å²) in [6.07, 6.45) is 7.95. The summed E-state index contributed by atoms with van der Waals surface area (Å²) < 4.78 is 0. The first kappa shape index (κ1) is 14.9. The molecule has 4 heteroatoms. The van der Waals surface area contributed by atoms with Crippen LogP contribution >= 0.6 is 23.1 Å². The van der Waals surface area contributed by atoms with Gasteiger partial charge >= 0.3 is 0 Å². The highest BCUT2D eigenvalue weighted by molar-refractivity contribution is 7.98. The topological polar surface area (TPSA) is 15.6 Å². The third-order valence-electron chi connectivity index (χ3n) is 2.63. The molecular formula is C16H18N2S2. The molecule has 0 aliphatic rings. The fourth-order valence-corrected chi connectivity index (χ4v) is 3.06. The normalized spacial score (nSPS) is 11.6. The van der Waals surface area contributed by atoms with Gasteiger partial charge in [-0.15, -0.1) is 23.1 Å². The van der Waals surface area contributed by atoms with Gasteiger partial charge in [0.2, 0.25) is 0 Å². The summed E-state index contributed by atoms with van der Waals surface area (Å²) in [5, 5.41) is 5.93. The molecule has 0 radical (unpaired) electrons. The molecule has 0 bridgehead atoms. The predicted octanol–water partition coefficient (Wildman–Crippen LogP) is 4.70. The summed E-state index contributed by atoms with van der Waals surface area (Å²) in [7, 11) is 3.82. The Bertz CT molecular complexity index is 612. The van der Waals surface area contributed by atoms with Crippen LogP contribution in [0.1, 0.15) is 4.88 Å². The first-order valence-electron chi connectivity index (χ1n) is 6.31. The number of hydrazone groups is 1. The fraction of sp³-hybridized carbons (Fsp3) is 0.188. The molecule has 0 spiro atoms. The van der Waals surface area contributed by atoms with Crippen LogP contribution in [0.4, 0.5) is 0 Å². The standard InChI is InChI=1S/C16H18N2S2/c1-18(2)17-11-5-8-14-9-10-16(20-14)13-6-4-7-15(12-13)19-3/h4-12H,1-3H3/b8-5+,17-11+. The number of thiophene rings is 1. The fourth-order valence-electron chi connectivity index (χ4n) is 1.68. The molecule has 0 N–H and O–H groups in total. The van der Waals surface area contributed by atoms with Crippen molar-refractivity contribution in [1.82, 2.24) is 5.01 Å². The van der Waals surface area contributed by atoms with E-state index >= 15 is 0 Å². The average Bonchev–Trinajstić information content (AvgIpc) is 2.92. The summed E-state index contributed by atoms with van der Waals surface area (Å²) in [5.41, 5.74) is 1.28. The van der Waals surface area contributed by atoms with Gasteiger partial charge in [0.25, 0.3) is 0 Å². The van der Waals surface area contributed by atoms with E-state index in [-0.39, 0.29) is 0 Å². The van der Waals surface area contributed by atoms with Crippen LogP contribution in [0.2, 0.25) is 0 Å². The Morgan fingerprint density at radius 2 is 2.05 bits per heavy atom. The first-order chi connectivity index (χ1) is 9.69. The SMILES string of the molecule is CSc1cccc(-c2ccc(/C=C/C=N/N(C)C)s2)c1. The smallest absolute Gasteiger partial charge is 0.0470 e. The van der Waals surface area contributed by atoms with Gasteiger partial charge in [-0.25, -0.2) is 0 Å². The molecule has 0 amide bonds. The van der Waals surface area contributed by atoms with Crippen LogP contribution in [0.25, 0.3) is 16.5 Å². The van der Waals surface area contributed by atoms with Crippen LogP contribution in [0, 0.1) is 0 Å². The second kappa shape index (κ2) is 7.31. The van der Waals surface area contributed by atoms with E-state index in [0.29, 0.717) is 0 Å². The van der Waals surface area contributed by atoms with Crippen LogP contribution in [0.15, 0.2) is 52.5 Å². The Labute approximate surface area is 128 Å². The number of hydrogen-bond donors (Lipinski definition) is 0. The maximum absolute atomic E-state index is 4.15. The maximum Gasteiger partial charge on any atom is 0.0470 e. The second-order valence-electron chi connectivity index (χ2n) is 4.40. The van der Waals surface area contributed by atoms with Crippen LogP contribution in [-0.4, -0.2) is 31.6 Å². The van der Waals surface area contributed by atoms with Gasteiger partial charge in [0.15, 0.2) is 0 Å². The maximum atomic E-state index is 4.15. The van der Waals surface area contributed by atoms with Crippen molar-refractivity contribution in [2.75, 3.05) is 20.4 Å². The number of rotatable bonds is 5. The van der Waals surface area contributed by atoms with Gasteiger partial charge in [0.05, 0.1) is 0 Å². The minimum absolute atomic E-state index is 1.24. The largest absolute Gasteiger partial charge is 0.303 e. The van der Waals surface area contributed by atoms with Crippen molar-refractivity contribution in [3.05, 3.63) is 47.4 Å². The number of allylic oxidation sites excluding steroid dienone is 1. The lowest BCUT2D eigenvalue weighted by Crippen LogP contribution is -2.00. The Morgan fingerprint density at radius 1 is 1.20 bits per heavy atom. The number of thioether (sulfide) groups is 1. The van der Waals surface area contributed by atoms with Crippen LogP contribution in [-0.2, 0) is 0 Å². The highest BCUT2D eigenvalue weighted by Gasteiger charge is 2.01. The van der Waals surface area contributed by atoms with Crippen LogP contribution < -0.4 is 0 Å². The number of nitrogens with zero attached hydrogens (tertiary/aromatic N) is 2. The van der Waals surface area contributed by atoms with Gasteiger partial charge in [-0.2, -0.15) is 5.10 Å². The highest BCUT2D eigenvalue weighted by atomic mass is 32.2. The lowest BCUT2D eigenvalue weighted by Gasteiger charge is -2.00. The minimum atomic E-state index is 1.24. The summed E-state index contributed by atoms with van der Waals surface area (Å²) in [6.45, 7) is 0. The molecule has 1 aromatic carbocycles. The van der Waals surface area contributed by atoms with E-state index in [1.165, 1.54) is 20.2 Å². The third kappa shape index (κ3) is 4.25. The molecule has 0 unspecified atom stereocenters. The Kier molecular flexibility index (Phi) is 5.44. The molecule has 1 heterocycles. The van der Waals surface area contributed by atoms with E-state index in [1.807, 2.05) is 20.2 Å². The zero-order valence-electron chi connectivity index (χ0n) is 11.9. The molecule has 0 saturated carbocycles. The van der Waals surface area contributed by atoms with Crippen molar-refractivity contribution in [2.24, 2.45) is 5.10 Å². The van der Waals surface area contributed by atoms with Crippen molar-refractivity contribution in [1.29, 1.82) is 0 Å². The Morgan fingerprint density at radius 3 is 2.80 bits per heavy atom. The van der Waals surface area contributed by atoms with Crippen LogP contribution in [0.3, 0.4) is 0 Å². The number of benzene rings is 1. The minimum Gasteiger partial charge on any atom is -0.303 e. The molecule has 2 nitrogen and oxygen atoms in total. The van der Waals surface area contributed by atoms with Crippen molar-refractivity contribution >= 4 is 35.4 Å².